The fourth-order valence-electron chi connectivity index (χ4n) is 7.62. The maximum atomic E-state index is 6.61. The Bertz CT molecular complexity index is 1690. The zero-order valence-corrected chi connectivity index (χ0v) is 32.2. The molecule has 0 amide bonds. The number of hydrogen-bond acceptors (Lipinski definition) is 6. The van der Waals surface area contributed by atoms with Crippen LogP contribution in [0.1, 0.15) is 84.9 Å². The summed E-state index contributed by atoms with van der Waals surface area (Å²) in [5, 5.41) is 0. The van der Waals surface area contributed by atoms with E-state index in [4.69, 9.17) is 23.7 Å². The zero-order chi connectivity index (χ0) is 36.1. The van der Waals surface area contributed by atoms with E-state index in [2.05, 4.69) is 106 Å². The van der Waals surface area contributed by atoms with Gasteiger partial charge in [0, 0.05) is 60.9 Å². The average molecular weight is 684 g/mol. The summed E-state index contributed by atoms with van der Waals surface area (Å²) in [5.74, 6) is 1.79. The van der Waals surface area contributed by atoms with Gasteiger partial charge in [-0.15, -0.1) is 0 Å². The second-order valence-electron chi connectivity index (χ2n) is 14.3. The SMILES string of the molecule is CCOCCN1/C(=C/C=C2\CCC(/C=C/C3=[N+](CCOCC)c4ccc(OC)cc4C3(C)C)=C2OC(C)OCC)C(C)(C)c2cc(C)ccc21. The maximum Gasteiger partial charge on any atom is 0.210 e. The highest BCUT2D eigenvalue weighted by atomic mass is 16.7. The molecule has 0 radical (unpaired) electrons. The fraction of sp³-hybridized carbons (Fsp3) is 0.512. The van der Waals surface area contributed by atoms with Crippen molar-refractivity contribution < 1.29 is 28.3 Å². The number of fused-ring (bicyclic) bond motifs is 2. The molecular weight excluding hydrogens is 624 g/mol. The van der Waals surface area contributed by atoms with Crippen LogP contribution in [0, 0.1) is 6.92 Å². The Kier molecular flexibility index (Phi) is 12.1. The third kappa shape index (κ3) is 7.65. The molecule has 0 aromatic heterocycles. The number of rotatable bonds is 16. The second-order valence-corrected chi connectivity index (χ2v) is 14.3. The van der Waals surface area contributed by atoms with Gasteiger partial charge in [0.25, 0.3) is 0 Å². The van der Waals surface area contributed by atoms with Crippen molar-refractivity contribution in [3.05, 3.63) is 100.0 Å². The molecule has 7 nitrogen and oxygen atoms in total. The van der Waals surface area contributed by atoms with E-state index in [1.165, 1.54) is 50.6 Å². The van der Waals surface area contributed by atoms with Crippen LogP contribution in [0.3, 0.4) is 0 Å². The lowest BCUT2D eigenvalue weighted by Gasteiger charge is -2.27. The van der Waals surface area contributed by atoms with Crippen LogP contribution in [0.15, 0.2) is 83.3 Å². The smallest absolute Gasteiger partial charge is 0.210 e. The molecule has 1 aliphatic carbocycles. The minimum atomic E-state index is -0.361. The van der Waals surface area contributed by atoms with Gasteiger partial charge in [-0.25, -0.2) is 0 Å². The van der Waals surface area contributed by atoms with E-state index in [-0.39, 0.29) is 17.1 Å². The summed E-state index contributed by atoms with van der Waals surface area (Å²) in [6.45, 7) is 24.4. The Morgan fingerprint density at radius 1 is 0.860 bits per heavy atom. The van der Waals surface area contributed by atoms with Gasteiger partial charge in [-0.1, -0.05) is 37.6 Å². The van der Waals surface area contributed by atoms with Crippen molar-refractivity contribution in [1.82, 2.24) is 0 Å². The molecule has 270 valence electrons. The summed E-state index contributed by atoms with van der Waals surface area (Å²) in [5.41, 5.74) is 10.9. The monoisotopic (exact) mass is 683 g/mol. The maximum absolute atomic E-state index is 6.61. The van der Waals surface area contributed by atoms with Gasteiger partial charge >= 0.3 is 0 Å². The number of benzene rings is 2. The van der Waals surface area contributed by atoms with Gasteiger partial charge in [0.2, 0.25) is 5.69 Å². The highest BCUT2D eigenvalue weighted by Gasteiger charge is 2.45. The van der Waals surface area contributed by atoms with Gasteiger partial charge in [-0.05, 0) is 108 Å². The minimum Gasteiger partial charge on any atom is -0.497 e. The van der Waals surface area contributed by atoms with Gasteiger partial charge in [-0.2, -0.15) is 4.58 Å². The normalized spacial score (nSPS) is 20.1. The molecule has 0 bridgehead atoms. The average Bonchev–Trinajstić information content (AvgIpc) is 3.63. The van der Waals surface area contributed by atoms with Crippen LogP contribution in [-0.2, 0) is 29.8 Å². The molecule has 50 heavy (non-hydrogen) atoms. The van der Waals surface area contributed by atoms with Crippen LogP contribution in [0.25, 0.3) is 0 Å². The Hall–Kier alpha value is -3.65. The summed E-state index contributed by atoms with van der Waals surface area (Å²) in [4.78, 5) is 2.44. The van der Waals surface area contributed by atoms with Gasteiger partial charge in [0.1, 0.15) is 18.1 Å². The molecule has 0 fully saturated rings. The number of allylic oxidation sites excluding steroid dienone is 7. The first-order valence-electron chi connectivity index (χ1n) is 18.5. The lowest BCUT2D eigenvalue weighted by atomic mass is 9.81. The molecule has 0 N–H and O–H groups in total. The third-order valence-corrected chi connectivity index (χ3v) is 10.3. The Labute approximate surface area is 300 Å². The lowest BCUT2D eigenvalue weighted by molar-refractivity contribution is -0.442. The standard InChI is InChI=1S/C43H59N2O5/c1-11-47-26-24-44-37-20-14-30(4)28-35(37)42(6,7)39(44)22-17-32-15-16-33(41(32)50-31(5)49-13-3)18-23-40-43(8,9)36-29-34(46-10)19-21-38(36)45(40)25-27-48-12-2/h14,17-23,28-29,31H,11-13,15-16,24-27H2,1-10H3/q+1. The number of aryl methyl sites for hydroxylation is 1. The summed E-state index contributed by atoms with van der Waals surface area (Å²) in [7, 11) is 1.73. The third-order valence-electron chi connectivity index (χ3n) is 10.3. The Morgan fingerprint density at radius 3 is 2.34 bits per heavy atom. The molecule has 2 heterocycles. The quantitative estimate of drug-likeness (QED) is 0.100. The second kappa shape index (κ2) is 16.1. The van der Waals surface area contributed by atoms with Gasteiger partial charge in [-0.3, -0.25) is 0 Å². The minimum absolute atomic E-state index is 0.150. The van der Waals surface area contributed by atoms with Gasteiger partial charge < -0.3 is 28.6 Å². The molecular formula is C43H59N2O5+. The zero-order valence-electron chi connectivity index (χ0n) is 32.2. The van der Waals surface area contributed by atoms with Crippen molar-refractivity contribution in [2.75, 3.05) is 58.1 Å². The summed E-state index contributed by atoms with van der Waals surface area (Å²) in [6, 6.07) is 13.2. The van der Waals surface area contributed by atoms with Crippen molar-refractivity contribution in [3.63, 3.8) is 0 Å². The molecule has 2 aromatic carbocycles. The van der Waals surface area contributed by atoms with Crippen LogP contribution >= 0.6 is 0 Å². The summed E-state index contributed by atoms with van der Waals surface area (Å²) in [6.07, 6.45) is 10.6. The Morgan fingerprint density at radius 2 is 1.62 bits per heavy atom. The first kappa shape index (κ1) is 37.6. The van der Waals surface area contributed by atoms with E-state index in [9.17, 15) is 0 Å². The highest BCUT2D eigenvalue weighted by molar-refractivity contribution is 6.03. The predicted octanol–water partition coefficient (Wildman–Crippen LogP) is 9.06. The first-order valence-corrected chi connectivity index (χ1v) is 18.5. The first-order chi connectivity index (χ1) is 24.0. The van der Waals surface area contributed by atoms with E-state index < -0.39 is 0 Å². The van der Waals surface area contributed by atoms with Crippen molar-refractivity contribution in [2.24, 2.45) is 0 Å². The molecule has 3 aliphatic rings. The van der Waals surface area contributed by atoms with Crippen molar-refractivity contribution in [3.8, 4) is 5.75 Å². The number of nitrogens with zero attached hydrogens (tertiary/aromatic N) is 2. The van der Waals surface area contributed by atoms with E-state index in [0.717, 1.165) is 37.4 Å². The van der Waals surface area contributed by atoms with Gasteiger partial charge in [0.15, 0.2) is 18.5 Å². The molecule has 0 spiro atoms. The van der Waals surface area contributed by atoms with Crippen molar-refractivity contribution >= 4 is 17.1 Å². The van der Waals surface area contributed by atoms with E-state index in [1.54, 1.807) is 7.11 Å². The number of hydrogen-bond donors (Lipinski definition) is 0. The van der Waals surface area contributed by atoms with Crippen LogP contribution in [0.4, 0.5) is 11.4 Å². The fourth-order valence-corrected chi connectivity index (χ4v) is 7.62. The van der Waals surface area contributed by atoms with Gasteiger partial charge in [0.05, 0.1) is 19.1 Å². The highest BCUT2D eigenvalue weighted by Crippen LogP contribution is 2.48. The Balaban J connectivity index is 1.55. The predicted molar refractivity (Wildman–Crippen MR) is 204 cm³/mol. The molecule has 1 atom stereocenters. The number of ether oxygens (including phenoxy) is 5. The van der Waals surface area contributed by atoms with Crippen molar-refractivity contribution in [2.45, 2.75) is 92.3 Å². The molecule has 5 rings (SSSR count). The lowest BCUT2D eigenvalue weighted by Crippen LogP contribution is -2.29. The molecule has 0 saturated carbocycles. The summed E-state index contributed by atoms with van der Waals surface area (Å²) < 4.78 is 32.2. The molecule has 0 saturated heterocycles. The van der Waals surface area contributed by atoms with Crippen LogP contribution in [0.2, 0.25) is 0 Å². The molecule has 2 aliphatic heterocycles. The van der Waals surface area contributed by atoms with E-state index >= 15 is 0 Å². The van der Waals surface area contributed by atoms with Crippen LogP contribution in [0.5, 0.6) is 5.75 Å². The largest absolute Gasteiger partial charge is 0.497 e. The topological polar surface area (TPSA) is 52.4 Å². The number of methoxy groups -OCH3 is 1. The summed E-state index contributed by atoms with van der Waals surface area (Å²) >= 11 is 0. The van der Waals surface area contributed by atoms with Crippen LogP contribution in [-0.4, -0.2) is 69.8 Å². The van der Waals surface area contributed by atoms with Crippen molar-refractivity contribution in [1.29, 1.82) is 0 Å². The molecule has 1 unspecified atom stereocenters. The van der Waals surface area contributed by atoms with E-state index in [1.807, 2.05) is 26.8 Å². The number of anilines is 1. The molecule has 7 heteroatoms. The van der Waals surface area contributed by atoms with Crippen LogP contribution < -0.4 is 9.64 Å². The van der Waals surface area contributed by atoms with E-state index in [0.29, 0.717) is 33.0 Å². The molecule has 2 aromatic rings.